The first kappa shape index (κ1) is 18.0. The van der Waals surface area contributed by atoms with Gasteiger partial charge in [0, 0.05) is 11.1 Å². The van der Waals surface area contributed by atoms with Crippen LogP contribution in [-0.2, 0) is 0 Å². The number of para-hydroxylation sites is 1. The lowest BCUT2D eigenvalue weighted by atomic mass is 9.79. The van der Waals surface area contributed by atoms with Crippen LogP contribution in [0.5, 0.6) is 5.75 Å². The minimum absolute atomic E-state index is 0.0865. The van der Waals surface area contributed by atoms with Crippen molar-refractivity contribution in [3.8, 4) is 5.75 Å². The van der Waals surface area contributed by atoms with Crippen LogP contribution in [0.3, 0.4) is 0 Å². The zero-order chi connectivity index (χ0) is 15.9. The average molecular weight is 292 g/mol. The number of rotatable bonds is 9. The van der Waals surface area contributed by atoms with E-state index in [9.17, 15) is 0 Å². The first-order valence-electron chi connectivity index (χ1n) is 8.19. The van der Waals surface area contributed by atoms with Crippen LogP contribution >= 0.6 is 0 Å². The molecule has 0 aliphatic rings. The number of ether oxygens (including phenoxy) is 1. The molecular formula is C18H32N2O. The van der Waals surface area contributed by atoms with Crippen LogP contribution in [0.1, 0.15) is 52.1 Å². The average Bonchev–Trinajstić information content (AvgIpc) is 2.49. The zero-order valence-electron chi connectivity index (χ0n) is 14.6. The Bertz CT molecular complexity index is 413. The molecule has 0 radical (unpaired) electrons. The van der Waals surface area contributed by atoms with E-state index in [1.165, 1.54) is 5.56 Å². The molecule has 0 amide bonds. The van der Waals surface area contributed by atoms with Crippen LogP contribution in [0.25, 0.3) is 0 Å². The predicted octanol–water partition coefficient (Wildman–Crippen LogP) is 3.86. The van der Waals surface area contributed by atoms with Crippen LogP contribution in [0.4, 0.5) is 0 Å². The molecule has 1 rings (SSSR count). The maximum Gasteiger partial charge on any atom is 0.124 e. The van der Waals surface area contributed by atoms with Gasteiger partial charge >= 0.3 is 0 Å². The second-order valence-corrected chi connectivity index (χ2v) is 5.67. The highest BCUT2D eigenvalue weighted by Gasteiger charge is 2.39. The van der Waals surface area contributed by atoms with Crippen molar-refractivity contribution >= 4 is 0 Å². The van der Waals surface area contributed by atoms with E-state index in [-0.39, 0.29) is 11.6 Å². The highest BCUT2D eigenvalue weighted by Crippen LogP contribution is 2.39. The fourth-order valence-electron chi connectivity index (χ4n) is 3.35. The van der Waals surface area contributed by atoms with Crippen molar-refractivity contribution in [1.82, 2.24) is 10.2 Å². The molecule has 0 aromatic heterocycles. The molecule has 21 heavy (non-hydrogen) atoms. The second-order valence-electron chi connectivity index (χ2n) is 5.67. The Kier molecular flexibility index (Phi) is 7.20. The van der Waals surface area contributed by atoms with Crippen LogP contribution in [-0.4, -0.2) is 37.7 Å². The van der Waals surface area contributed by atoms with Crippen molar-refractivity contribution in [1.29, 1.82) is 0 Å². The molecule has 0 aliphatic carbocycles. The molecule has 1 aromatic rings. The summed E-state index contributed by atoms with van der Waals surface area (Å²) in [5.41, 5.74) is 1.35. The molecule has 3 heteroatoms. The third-order valence-corrected chi connectivity index (χ3v) is 4.59. The Hall–Kier alpha value is -1.06. The number of hydrogen-bond acceptors (Lipinski definition) is 3. The summed E-state index contributed by atoms with van der Waals surface area (Å²) in [6.45, 7) is 10.4. The molecule has 0 aliphatic heterocycles. The highest BCUT2D eigenvalue weighted by atomic mass is 16.5. The Labute approximate surface area is 130 Å². The summed E-state index contributed by atoms with van der Waals surface area (Å²) >= 11 is 0. The molecule has 0 spiro atoms. The maximum atomic E-state index is 5.87. The van der Waals surface area contributed by atoms with Crippen molar-refractivity contribution in [3.63, 3.8) is 0 Å². The Balaban J connectivity index is 3.34. The van der Waals surface area contributed by atoms with Crippen LogP contribution < -0.4 is 10.1 Å². The monoisotopic (exact) mass is 292 g/mol. The lowest BCUT2D eigenvalue weighted by Crippen LogP contribution is -2.53. The first-order valence-corrected chi connectivity index (χ1v) is 8.19. The van der Waals surface area contributed by atoms with Gasteiger partial charge in [0.05, 0.1) is 12.6 Å². The van der Waals surface area contributed by atoms with Gasteiger partial charge in [-0.25, -0.2) is 0 Å². The molecule has 1 aromatic carbocycles. The number of nitrogens with one attached hydrogen (secondary N) is 1. The predicted molar refractivity (Wildman–Crippen MR) is 91.0 cm³/mol. The van der Waals surface area contributed by atoms with Crippen molar-refractivity contribution in [2.75, 3.05) is 27.2 Å². The highest BCUT2D eigenvalue weighted by molar-refractivity contribution is 5.38. The molecule has 0 saturated heterocycles. The molecule has 0 bridgehead atoms. The second kappa shape index (κ2) is 8.40. The molecule has 3 nitrogen and oxygen atoms in total. The van der Waals surface area contributed by atoms with E-state index >= 15 is 0 Å². The van der Waals surface area contributed by atoms with Crippen molar-refractivity contribution in [2.45, 2.75) is 52.1 Å². The summed E-state index contributed by atoms with van der Waals surface area (Å²) in [5.74, 6) is 0.999. The number of likely N-dealkylation sites (N-methyl/N-ethyl adjacent to an activating group) is 2. The normalized spacial score (nSPS) is 13.5. The summed E-state index contributed by atoms with van der Waals surface area (Å²) < 4.78 is 5.87. The van der Waals surface area contributed by atoms with Gasteiger partial charge in [0.2, 0.25) is 0 Å². The van der Waals surface area contributed by atoms with Gasteiger partial charge in [0.25, 0.3) is 0 Å². The van der Waals surface area contributed by atoms with E-state index in [1.807, 2.05) is 13.0 Å². The lowest BCUT2D eigenvalue weighted by molar-refractivity contribution is 0.0873. The third-order valence-electron chi connectivity index (χ3n) is 4.59. The van der Waals surface area contributed by atoms with Gasteiger partial charge in [-0.15, -0.1) is 0 Å². The smallest absolute Gasteiger partial charge is 0.124 e. The van der Waals surface area contributed by atoms with Gasteiger partial charge in [-0.2, -0.15) is 0 Å². The zero-order valence-corrected chi connectivity index (χ0v) is 14.6. The first-order chi connectivity index (χ1) is 10.1. The summed E-state index contributed by atoms with van der Waals surface area (Å²) in [7, 11) is 4.36. The molecule has 0 heterocycles. The Morgan fingerprint density at radius 3 is 2.19 bits per heavy atom. The van der Waals surface area contributed by atoms with E-state index in [2.05, 4.69) is 63.3 Å². The van der Waals surface area contributed by atoms with E-state index in [0.29, 0.717) is 6.61 Å². The molecule has 1 N–H and O–H groups in total. The number of benzene rings is 1. The topological polar surface area (TPSA) is 24.5 Å². The van der Waals surface area contributed by atoms with Crippen LogP contribution in [0, 0.1) is 0 Å². The van der Waals surface area contributed by atoms with Crippen LogP contribution in [0.15, 0.2) is 24.3 Å². The molecule has 0 fully saturated rings. The third kappa shape index (κ3) is 3.78. The Morgan fingerprint density at radius 2 is 1.71 bits per heavy atom. The largest absolute Gasteiger partial charge is 0.494 e. The molecule has 120 valence electrons. The summed E-state index contributed by atoms with van der Waals surface area (Å²) in [6, 6.07) is 8.69. The van der Waals surface area contributed by atoms with Gasteiger partial charge in [-0.3, -0.25) is 0 Å². The van der Waals surface area contributed by atoms with Crippen LogP contribution in [0.2, 0.25) is 0 Å². The minimum atomic E-state index is 0.0865. The van der Waals surface area contributed by atoms with Crippen molar-refractivity contribution in [3.05, 3.63) is 29.8 Å². The fourth-order valence-corrected chi connectivity index (χ4v) is 3.35. The van der Waals surface area contributed by atoms with Gasteiger partial charge in [-0.05, 0) is 46.5 Å². The quantitative estimate of drug-likeness (QED) is 0.748. The SMILES string of the molecule is CCNC(c1ccccc1OCC)C(CC)(CC)N(C)C. The number of hydrogen-bond donors (Lipinski definition) is 1. The molecule has 1 atom stereocenters. The number of nitrogens with zero attached hydrogens (tertiary/aromatic N) is 1. The summed E-state index contributed by atoms with van der Waals surface area (Å²) in [6.07, 6.45) is 2.18. The Morgan fingerprint density at radius 1 is 1.10 bits per heavy atom. The lowest BCUT2D eigenvalue weighted by Gasteiger charge is -2.46. The fraction of sp³-hybridized carbons (Fsp3) is 0.667. The van der Waals surface area contributed by atoms with Gasteiger partial charge < -0.3 is 15.0 Å². The van der Waals surface area contributed by atoms with Gasteiger partial charge in [0.15, 0.2) is 0 Å². The standard InChI is InChI=1S/C18H32N2O/c1-7-18(8-2,20(5)6)17(19-9-3)15-13-11-12-14-16(15)21-10-4/h11-14,17,19H,7-10H2,1-6H3. The van der Waals surface area contributed by atoms with E-state index < -0.39 is 0 Å². The van der Waals surface area contributed by atoms with E-state index in [4.69, 9.17) is 4.74 Å². The maximum absolute atomic E-state index is 5.87. The molecule has 1 unspecified atom stereocenters. The van der Waals surface area contributed by atoms with Crippen molar-refractivity contribution in [2.24, 2.45) is 0 Å². The molecule has 0 saturated carbocycles. The van der Waals surface area contributed by atoms with Gasteiger partial charge in [0.1, 0.15) is 5.75 Å². The molecular weight excluding hydrogens is 260 g/mol. The van der Waals surface area contributed by atoms with Gasteiger partial charge in [-0.1, -0.05) is 39.0 Å². The van der Waals surface area contributed by atoms with E-state index in [1.54, 1.807) is 0 Å². The summed E-state index contributed by atoms with van der Waals surface area (Å²) in [4.78, 5) is 2.36. The van der Waals surface area contributed by atoms with E-state index in [0.717, 1.165) is 25.1 Å². The minimum Gasteiger partial charge on any atom is -0.494 e. The van der Waals surface area contributed by atoms with Crippen molar-refractivity contribution < 1.29 is 4.74 Å². The summed E-state index contributed by atoms with van der Waals surface area (Å²) in [5, 5.41) is 3.70.